The Morgan fingerprint density at radius 3 is 2.63 bits per heavy atom. The number of rotatable bonds is 8. The van der Waals surface area contributed by atoms with Crippen molar-refractivity contribution in [3.05, 3.63) is 28.2 Å². The molecule has 0 aliphatic carbocycles. The quantitative estimate of drug-likeness (QED) is 0.760. The van der Waals surface area contributed by atoms with Crippen LogP contribution < -0.4 is 10.5 Å². The van der Waals surface area contributed by atoms with Gasteiger partial charge in [0.15, 0.2) is 0 Å². The first-order chi connectivity index (χ1) is 9.06. The number of ether oxygens (including phenoxy) is 1. The summed E-state index contributed by atoms with van der Waals surface area (Å²) < 4.78 is 6.88. The van der Waals surface area contributed by atoms with E-state index in [-0.39, 0.29) is 6.04 Å². The van der Waals surface area contributed by atoms with E-state index in [1.165, 1.54) is 18.4 Å². The summed E-state index contributed by atoms with van der Waals surface area (Å²) in [5.41, 5.74) is 7.24. The minimum atomic E-state index is 0.239. The highest BCUT2D eigenvalue weighted by molar-refractivity contribution is 9.10. The third-order valence-corrected chi connectivity index (χ3v) is 3.94. The van der Waals surface area contributed by atoms with Crippen molar-refractivity contribution in [2.24, 2.45) is 11.7 Å². The van der Waals surface area contributed by atoms with Crippen LogP contribution in [0.3, 0.4) is 0 Å². The summed E-state index contributed by atoms with van der Waals surface area (Å²) in [4.78, 5) is 0. The molecular weight excluding hydrogens is 302 g/mol. The van der Waals surface area contributed by atoms with E-state index in [1.807, 2.05) is 6.07 Å². The van der Waals surface area contributed by atoms with Gasteiger partial charge >= 0.3 is 0 Å². The molecule has 0 aliphatic rings. The van der Waals surface area contributed by atoms with E-state index in [0.717, 1.165) is 29.7 Å². The Labute approximate surface area is 125 Å². The highest BCUT2D eigenvalue weighted by Gasteiger charge is 2.07. The second-order valence-electron chi connectivity index (χ2n) is 5.34. The Morgan fingerprint density at radius 2 is 2.05 bits per heavy atom. The first kappa shape index (κ1) is 16.5. The molecule has 2 unspecified atom stereocenters. The summed E-state index contributed by atoms with van der Waals surface area (Å²) >= 11 is 3.58. The van der Waals surface area contributed by atoms with Crippen molar-refractivity contribution in [1.29, 1.82) is 0 Å². The molecule has 0 aliphatic heterocycles. The maximum atomic E-state index is 5.98. The van der Waals surface area contributed by atoms with Gasteiger partial charge in [0, 0.05) is 6.04 Å². The molecule has 0 saturated heterocycles. The van der Waals surface area contributed by atoms with Crippen LogP contribution in [0, 0.1) is 5.92 Å². The van der Waals surface area contributed by atoms with Gasteiger partial charge in [-0.2, -0.15) is 0 Å². The van der Waals surface area contributed by atoms with Crippen LogP contribution in [0.15, 0.2) is 22.7 Å². The minimum absolute atomic E-state index is 0.239. The molecule has 3 heteroatoms. The van der Waals surface area contributed by atoms with Crippen LogP contribution in [0.25, 0.3) is 0 Å². The third-order valence-electron chi connectivity index (χ3n) is 3.32. The Morgan fingerprint density at radius 1 is 1.32 bits per heavy atom. The average Bonchev–Trinajstić information content (AvgIpc) is 2.38. The predicted molar refractivity (Wildman–Crippen MR) is 85.7 cm³/mol. The van der Waals surface area contributed by atoms with Crippen molar-refractivity contribution in [3.8, 4) is 5.75 Å². The van der Waals surface area contributed by atoms with Gasteiger partial charge in [0.2, 0.25) is 0 Å². The standard InChI is InChI=1S/C16H26BrNO/c1-4-6-12(3)11-19-16-8-7-13(10-15(16)17)9-14(18)5-2/h7-8,10,12,14H,4-6,9,11,18H2,1-3H3. The van der Waals surface area contributed by atoms with Crippen LogP contribution in [-0.2, 0) is 6.42 Å². The largest absolute Gasteiger partial charge is 0.492 e. The summed E-state index contributed by atoms with van der Waals surface area (Å²) in [5.74, 6) is 1.53. The van der Waals surface area contributed by atoms with Gasteiger partial charge in [-0.05, 0) is 58.8 Å². The van der Waals surface area contributed by atoms with E-state index >= 15 is 0 Å². The lowest BCUT2D eigenvalue weighted by atomic mass is 10.0. The summed E-state index contributed by atoms with van der Waals surface area (Å²) in [7, 11) is 0. The Kier molecular flexibility index (Phi) is 7.47. The zero-order chi connectivity index (χ0) is 14.3. The van der Waals surface area contributed by atoms with Crippen molar-refractivity contribution in [3.63, 3.8) is 0 Å². The van der Waals surface area contributed by atoms with Crippen molar-refractivity contribution < 1.29 is 4.74 Å². The van der Waals surface area contributed by atoms with Crippen molar-refractivity contribution in [2.45, 2.75) is 52.5 Å². The molecule has 1 rings (SSSR count). The molecule has 0 bridgehead atoms. The molecule has 1 aromatic carbocycles. The van der Waals surface area contributed by atoms with Gasteiger partial charge in [-0.1, -0.05) is 33.3 Å². The summed E-state index contributed by atoms with van der Waals surface area (Å²) in [5, 5.41) is 0. The third kappa shape index (κ3) is 5.96. The van der Waals surface area contributed by atoms with Crippen LogP contribution in [-0.4, -0.2) is 12.6 Å². The van der Waals surface area contributed by atoms with E-state index in [9.17, 15) is 0 Å². The smallest absolute Gasteiger partial charge is 0.133 e. The topological polar surface area (TPSA) is 35.2 Å². The number of nitrogens with two attached hydrogens (primary N) is 1. The van der Waals surface area contributed by atoms with Crippen LogP contribution in [0.4, 0.5) is 0 Å². The fourth-order valence-corrected chi connectivity index (χ4v) is 2.58. The normalized spacial score (nSPS) is 14.2. The lowest BCUT2D eigenvalue weighted by Crippen LogP contribution is -2.21. The van der Waals surface area contributed by atoms with Gasteiger partial charge in [0.1, 0.15) is 5.75 Å². The molecule has 0 fully saturated rings. The van der Waals surface area contributed by atoms with Gasteiger partial charge in [-0.3, -0.25) is 0 Å². The number of hydrogen-bond donors (Lipinski definition) is 1. The van der Waals surface area contributed by atoms with Gasteiger partial charge in [0.05, 0.1) is 11.1 Å². The molecular formula is C16H26BrNO. The Hall–Kier alpha value is -0.540. The summed E-state index contributed by atoms with van der Waals surface area (Å²) in [6, 6.07) is 6.51. The van der Waals surface area contributed by atoms with E-state index in [2.05, 4.69) is 48.8 Å². The Balaban J connectivity index is 2.57. The fourth-order valence-electron chi connectivity index (χ4n) is 2.04. The summed E-state index contributed by atoms with van der Waals surface area (Å²) in [6.45, 7) is 7.33. The zero-order valence-corrected chi connectivity index (χ0v) is 13.9. The molecule has 0 radical (unpaired) electrons. The first-order valence-corrected chi connectivity index (χ1v) is 8.02. The molecule has 0 heterocycles. The molecule has 0 spiro atoms. The van der Waals surface area contributed by atoms with Gasteiger partial charge in [0.25, 0.3) is 0 Å². The molecule has 0 saturated carbocycles. The van der Waals surface area contributed by atoms with E-state index in [1.54, 1.807) is 0 Å². The second-order valence-corrected chi connectivity index (χ2v) is 6.20. The van der Waals surface area contributed by atoms with Crippen molar-refractivity contribution >= 4 is 15.9 Å². The van der Waals surface area contributed by atoms with Crippen LogP contribution >= 0.6 is 15.9 Å². The predicted octanol–water partition coefficient (Wildman–Crippen LogP) is 4.54. The average molecular weight is 328 g/mol. The lowest BCUT2D eigenvalue weighted by Gasteiger charge is -2.15. The monoisotopic (exact) mass is 327 g/mol. The molecule has 0 amide bonds. The number of hydrogen-bond acceptors (Lipinski definition) is 2. The van der Waals surface area contributed by atoms with Crippen LogP contribution in [0.2, 0.25) is 0 Å². The maximum Gasteiger partial charge on any atom is 0.133 e. The fraction of sp³-hybridized carbons (Fsp3) is 0.625. The molecule has 2 atom stereocenters. The van der Waals surface area contributed by atoms with Crippen molar-refractivity contribution in [2.75, 3.05) is 6.61 Å². The summed E-state index contributed by atoms with van der Waals surface area (Å²) in [6.07, 6.45) is 4.34. The highest BCUT2D eigenvalue weighted by Crippen LogP contribution is 2.27. The Bertz CT molecular complexity index is 381. The van der Waals surface area contributed by atoms with E-state index in [4.69, 9.17) is 10.5 Å². The minimum Gasteiger partial charge on any atom is -0.492 e. The van der Waals surface area contributed by atoms with E-state index in [0.29, 0.717) is 5.92 Å². The molecule has 1 aromatic rings. The van der Waals surface area contributed by atoms with Gasteiger partial charge in [-0.25, -0.2) is 0 Å². The zero-order valence-electron chi connectivity index (χ0n) is 12.3. The molecule has 2 N–H and O–H groups in total. The lowest BCUT2D eigenvalue weighted by molar-refractivity contribution is 0.250. The first-order valence-electron chi connectivity index (χ1n) is 7.23. The van der Waals surface area contributed by atoms with Gasteiger partial charge < -0.3 is 10.5 Å². The van der Waals surface area contributed by atoms with Crippen LogP contribution in [0.5, 0.6) is 5.75 Å². The molecule has 19 heavy (non-hydrogen) atoms. The molecule has 2 nitrogen and oxygen atoms in total. The highest BCUT2D eigenvalue weighted by atomic mass is 79.9. The maximum absolute atomic E-state index is 5.98. The second kappa shape index (κ2) is 8.60. The number of benzene rings is 1. The SMILES string of the molecule is CCCC(C)COc1ccc(CC(N)CC)cc1Br. The number of halogens is 1. The van der Waals surface area contributed by atoms with Crippen LogP contribution in [0.1, 0.15) is 45.6 Å². The van der Waals surface area contributed by atoms with Crippen molar-refractivity contribution in [1.82, 2.24) is 0 Å². The van der Waals surface area contributed by atoms with E-state index < -0.39 is 0 Å². The van der Waals surface area contributed by atoms with Gasteiger partial charge in [-0.15, -0.1) is 0 Å². The molecule has 0 aromatic heterocycles. The molecule has 108 valence electrons.